The molecule has 0 saturated carbocycles. The lowest BCUT2D eigenvalue weighted by atomic mass is 10.2. The van der Waals surface area contributed by atoms with Crippen LogP contribution in [0, 0.1) is 0 Å². The quantitative estimate of drug-likeness (QED) is 0.855. The highest BCUT2D eigenvalue weighted by atomic mass is 15.3. The molecule has 0 unspecified atom stereocenters. The molecule has 4 nitrogen and oxygen atoms in total. The van der Waals surface area contributed by atoms with Crippen LogP contribution in [-0.2, 0) is 0 Å². The van der Waals surface area contributed by atoms with E-state index in [1.54, 1.807) is 0 Å². The highest BCUT2D eigenvalue weighted by molar-refractivity contribution is 5.37. The summed E-state index contributed by atoms with van der Waals surface area (Å²) in [6, 6.07) is 6.64. The van der Waals surface area contributed by atoms with Gasteiger partial charge in [-0.3, -0.25) is 4.40 Å². The molecule has 0 aliphatic heterocycles. The van der Waals surface area contributed by atoms with E-state index >= 15 is 0 Å². The van der Waals surface area contributed by atoms with E-state index in [1.165, 1.54) is 0 Å². The number of hydrogen-bond donors (Lipinski definition) is 1. The maximum absolute atomic E-state index is 4.23. The van der Waals surface area contributed by atoms with Crippen LogP contribution in [0.5, 0.6) is 0 Å². The smallest absolute Gasteiger partial charge is 0.160 e. The molecule has 0 aromatic carbocycles. The van der Waals surface area contributed by atoms with Gasteiger partial charge in [0.15, 0.2) is 11.5 Å². The van der Waals surface area contributed by atoms with Gasteiger partial charge in [0, 0.05) is 12.2 Å². The van der Waals surface area contributed by atoms with E-state index < -0.39 is 0 Å². The molecule has 0 bridgehead atoms. The lowest BCUT2D eigenvalue weighted by molar-refractivity contribution is 0.452. The zero-order chi connectivity index (χ0) is 11.5. The molecule has 86 valence electrons. The summed E-state index contributed by atoms with van der Waals surface area (Å²) in [5.41, 5.74) is 0.898. The Balaban J connectivity index is 2.26. The maximum Gasteiger partial charge on any atom is 0.160 e. The Kier molecular flexibility index (Phi) is 3.19. The summed E-state index contributed by atoms with van der Waals surface area (Å²) in [4.78, 5) is 0. The molecule has 0 amide bonds. The fourth-order valence-corrected chi connectivity index (χ4v) is 1.77. The van der Waals surface area contributed by atoms with E-state index in [-0.39, 0.29) is 6.04 Å². The average Bonchev–Trinajstić information content (AvgIpc) is 2.72. The van der Waals surface area contributed by atoms with E-state index in [0.717, 1.165) is 17.9 Å². The number of nitrogens with one attached hydrogen (secondary N) is 1. The van der Waals surface area contributed by atoms with Crippen molar-refractivity contribution in [3.63, 3.8) is 0 Å². The van der Waals surface area contributed by atoms with Crippen molar-refractivity contribution in [2.75, 3.05) is 0 Å². The first-order valence-corrected chi connectivity index (χ1v) is 5.78. The molecule has 0 fully saturated rings. The third-order valence-corrected chi connectivity index (χ3v) is 2.87. The van der Waals surface area contributed by atoms with Crippen LogP contribution in [0.1, 0.15) is 39.1 Å². The van der Waals surface area contributed by atoms with E-state index in [1.807, 2.05) is 28.8 Å². The van der Waals surface area contributed by atoms with Crippen LogP contribution in [0.4, 0.5) is 0 Å². The van der Waals surface area contributed by atoms with Gasteiger partial charge < -0.3 is 5.32 Å². The van der Waals surface area contributed by atoms with Crippen LogP contribution in [-0.4, -0.2) is 20.6 Å². The molecule has 2 heterocycles. The lowest BCUT2D eigenvalue weighted by Gasteiger charge is -2.17. The summed E-state index contributed by atoms with van der Waals surface area (Å²) >= 11 is 0. The summed E-state index contributed by atoms with van der Waals surface area (Å²) in [5, 5.41) is 11.9. The van der Waals surface area contributed by atoms with Crippen molar-refractivity contribution in [1.82, 2.24) is 19.9 Å². The standard InChI is InChI=1S/C12H18N4/c1-4-9(2)13-10(3)12-15-14-11-7-5-6-8-16(11)12/h5-10,13H,4H2,1-3H3/t9-,10-/m0/s1. The normalized spacial score (nSPS) is 15.2. The number of rotatable bonds is 4. The predicted molar refractivity (Wildman–Crippen MR) is 64.3 cm³/mol. The maximum atomic E-state index is 4.23. The molecule has 1 N–H and O–H groups in total. The lowest BCUT2D eigenvalue weighted by Crippen LogP contribution is -2.29. The van der Waals surface area contributed by atoms with E-state index in [2.05, 4.69) is 36.3 Å². The molecule has 0 aliphatic carbocycles. The van der Waals surface area contributed by atoms with Crippen LogP contribution in [0.2, 0.25) is 0 Å². The second kappa shape index (κ2) is 4.61. The highest BCUT2D eigenvalue weighted by Gasteiger charge is 2.14. The molecular formula is C12H18N4. The second-order valence-corrected chi connectivity index (χ2v) is 4.18. The third-order valence-electron chi connectivity index (χ3n) is 2.87. The van der Waals surface area contributed by atoms with Gasteiger partial charge in [0.05, 0.1) is 6.04 Å². The summed E-state index contributed by atoms with van der Waals surface area (Å²) < 4.78 is 2.03. The molecule has 0 radical (unpaired) electrons. The van der Waals surface area contributed by atoms with Gasteiger partial charge in [-0.25, -0.2) is 0 Å². The summed E-state index contributed by atoms with van der Waals surface area (Å²) in [6.45, 7) is 6.47. The Morgan fingerprint density at radius 2 is 2.12 bits per heavy atom. The highest BCUT2D eigenvalue weighted by Crippen LogP contribution is 2.12. The molecule has 2 rings (SSSR count). The number of fused-ring (bicyclic) bond motifs is 1. The molecule has 2 aromatic heterocycles. The van der Waals surface area contributed by atoms with Crippen molar-refractivity contribution >= 4 is 5.65 Å². The molecule has 0 saturated heterocycles. The summed E-state index contributed by atoms with van der Waals surface area (Å²) in [6.07, 6.45) is 3.11. The van der Waals surface area contributed by atoms with Crippen molar-refractivity contribution in [2.24, 2.45) is 0 Å². The van der Waals surface area contributed by atoms with Crippen LogP contribution in [0.3, 0.4) is 0 Å². The summed E-state index contributed by atoms with van der Waals surface area (Å²) in [7, 11) is 0. The van der Waals surface area contributed by atoms with Gasteiger partial charge >= 0.3 is 0 Å². The molecular weight excluding hydrogens is 200 g/mol. The van der Waals surface area contributed by atoms with Crippen molar-refractivity contribution < 1.29 is 0 Å². The molecule has 0 spiro atoms. The number of hydrogen-bond acceptors (Lipinski definition) is 3. The molecule has 2 atom stereocenters. The van der Waals surface area contributed by atoms with Gasteiger partial charge in [-0.05, 0) is 32.4 Å². The first-order valence-electron chi connectivity index (χ1n) is 5.78. The van der Waals surface area contributed by atoms with Gasteiger partial charge in [0.1, 0.15) is 0 Å². The van der Waals surface area contributed by atoms with Crippen LogP contribution in [0.15, 0.2) is 24.4 Å². The zero-order valence-corrected chi connectivity index (χ0v) is 10.0. The molecule has 4 heteroatoms. The first-order chi connectivity index (χ1) is 7.72. The second-order valence-electron chi connectivity index (χ2n) is 4.18. The Morgan fingerprint density at radius 1 is 1.31 bits per heavy atom. The van der Waals surface area contributed by atoms with Crippen molar-refractivity contribution in [3.05, 3.63) is 30.2 Å². The molecule has 16 heavy (non-hydrogen) atoms. The van der Waals surface area contributed by atoms with Crippen molar-refractivity contribution in [1.29, 1.82) is 0 Å². The Hall–Kier alpha value is -1.42. The van der Waals surface area contributed by atoms with Crippen LogP contribution >= 0.6 is 0 Å². The minimum atomic E-state index is 0.215. The van der Waals surface area contributed by atoms with Crippen LogP contribution < -0.4 is 5.32 Å². The van der Waals surface area contributed by atoms with Gasteiger partial charge in [-0.15, -0.1) is 10.2 Å². The minimum absolute atomic E-state index is 0.215. The average molecular weight is 218 g/mol. The fraction of sp³-hybridized carbons (Fsp3) is 0.500. The topological polar surface area (TPSA) is 42.2 Å². The Labute approximate surface area is 95.7 Å². The van der Waals surface area contributed by atoms with E-state index in [0.29, 0.717) is 6.04 Å². The number of pyridine rings is 1. The predicted octanol–water partition coefficient (Wildman–Crippen LogP) is 2.18. The van der Waals surface area contributed by atoms with E-state index in [9.17, 15) is 0 Å². The monoisotopic (exact) mass is 218 g/mol. The van der Waals surface area contributed by atoms with E-state index in [4.69, 9.17) is 0 Å². The Bertz CT molecular complexity index is 463. The summed E-state index contributed by atoms with van der Waals surface area (Å²) in [5.74, 6) is 0.968. The zero-order valence-electron chi connectivity index (χ0n) is 10.0. The largest absolute Gasteiger partial charge is 0.305 e. The van der Waals surface area contributed by atoms with Crippen molar-refractivity contribution in [3.8, 4) is 0 Å². The molecule has 2 aromatic rings. The first kappa shape index (κ1) is 11.1. The van der Waals surface area contributed by atoms with Gasteiger partial charge in [-0.2, -0.15) is 0 Å². The van der Waals surface area contributed by atoms with Gasteiger partial charge in [-0.1, -0.05) is 13.0 Å². The SMILES string of the molecule is CC[C@H](C)N[C@@H](C)c1nnc2ccccn12. The van der Waals surface area contributed by atoms with Gasteiger partial charge in [0.2, 0.25) is 0 Å². The Morgan fingerprint density at radius 3 is 2.88 bits per heavy atom. The van der Waals surface area contributed by atoms with Crippen molar-refractivity contribution in [2.45, 2.75) is 39.3 Å². The third kappa shape index (κ3) is 2.07. The van der Waals surface area contributed by atoms with Crippen LogP contribution in [0.25, 0.3) is 5.65 Å². The minimum Gasteiger partial charge on any atom is -0.305 e. The molecule has 0 aliphatic rings. The number of aromatic nitrogens is 3. The fourth-order valence-electron chi connectivity index (χ4n) is 1.77. The van der Waals surface area contributed by atoms with Gasteiger partial charge in [0.25, 0.3) is 0 Å². The number of nitrogens with zero attached hydrogens (tertiary/aromatic N) is 3.